The largest absolute Gasteiger partial charge is 0.378 e. The molecule has 0 unspecified atom stereocenters. The normalized spacial score (nSPS) is 14.1. The van der Waals surface area contributed by atoms with Crippen LogP contribution in [0.5, 0.6) is 0 Å². The molecule has 0 aliphatic carbocycles. The zero-order chi connectivity index (χ0) is 20.9. The molecule has 1 N–H and O–H groups in total. The van der Waals surface area contributed by atoms with Crippen LogP contribution in [0.3, 0.4) is 0 Å². The van der Waals surface area contributed by atoms with Gasteiger partial charge >= 0.3 is 0 Å². The maximum Gasteiger partial charge on any atom is 0.257 e. The first kappa shape index (κ1) is 20.3. The Balaban J connectivity index is 1.70. The summed E-state index contributed by atoms with van der Waals surface area (Å²) in [5, 5.41) is 4.32. The molecule has 30 heavy (non-hydrogen) atoms. The van der Waals surface area contributed by atoms with E-state index in [0.29, 0.717) is 37.5 Å². The van der Waals surface area contributed by atoms with E-state index in [4.69, 9.17) is 4.74 Å². The highest BCUT2D eigenvalue weighted by atomic mass is 16.5. The summed E-state index contributed by atoms with van der Waals surface area (Å²) in [5.41, 5.74) is 5.11. The third-order valence-corrected chi connectivity index (χ3v) is 5.44. The van der Waals surface area contributed by atoms with Crippen LogP contribution in [0, 0.1) is 6.92 Å². The number of nitrogens with one attached hydrogen (secondary N) is 1. The number of fused-ring (bicyclic) bond motifs is 1. The second-order valence-corrected chi connectivity index (χ2v) is 7.70. The van der Waals surface area contributed by atoms with Crippen molar-refractivity contribution in [2.24, 2.45) is 0 Å². The van der Waals surface area contributed by atoms with E-state index in [1.54, 1.807) is 6.20 Å². The number of nitrogens with zero attached hydrogens (tertiary/aromatic N) is 3. The molecule has 2 aromatic heterocycles. The lowest BCUT2D eigenvalue weighted by atomic mass is 10.1. The van der Waals surface area contributed by atoms with Crippen LogP contribution >= 0.6 is 0 Å². The molecule has 156 valence electrons. The Labute approximate surface area is 177 Å². The van der Waals surface area contributed by atoms with E-state index < -0.39 is 0 Å². The van der Waals surface area contributed by atoms with Gasteiger partial charge in [-0.2, -0.15) is 0 Å². The second kappa shape index (κ2) is 9.22. The molecule has 1 fully saturated rings. The predicted octanol–water partition coefficient (Wildman–Crippen LogP) is 4.50. The van der Waals surface area contributed by atoms with Gasteiger partial charge in [-0.15, -0.1) is 0 Å². The zero-order valence-electron chi connectivity index (χ0n) is 17.6. The number of benzene rings is 1. The first-order chi connectivity index (χ1) is 14.7. The van der Waals surface area contributed by atoms with Crippen molar-refractivity contribution < 1.29 is 9.53 Å². The smallest absolute Gasteiger partial charge is 0.257 e. The van der Waals surface area contributed by atoms with Crippen molar-refractivity contribution in [3.8, 4) is 0 Å². The van der Waals surface area contributed by atoms with E-state index in [-0.39, 0.29) is 5.91 Å². The second-order valence-electron chi connectivity index (χ2n) is 7.70. The van der Waals surface area contributed by atoms with Gasteiger partial charge < -0.3 is 15.0 Å². The lowest BCUT2D eigenvalue weighted by molar-refractivity contribution is 0.0303. The molecule has 0 atom stereocenters. The van der Waals surface area contributed by atoms with Crippen molar-refractivity contribution in [2.45, 2.75) is 33.1 Å². The van der Waals surface area contributed by atoms with Crippen LogP contribution in [0.2, 0.25) is 0 Å². The number of unbranched alkanes of at least 4 members (excludes halogenated alkanes) is 1. The molecular formula is C24H28N4O2. The summed E-state index contributed by atoms with van der Waals surface area (Å²) in [6.07, 6.45) is 5.09. The van der Waals surface area contributed by atoms with E-state index in [9.17, 15) is 4.79 Å². The van der Waals surface area contributed by atoms with Crippen molar-refractivity contribution >= 4 is 28.3 Å². The van der Waals surface area contributed by atoms with Gasteiger partial charge in [0.2, 0.25) is 0 Å². The summed E-state index contributed by atoms with van der Waals surface area (Å²) in [6.45, 7) is 6.46. The fourth-order valence-corrected chi connectivity index (χ4v) is 3.69. The van der Waals surface area contributed by atoms with Crippen molar-refractivity contribution in [1.29, 1.82) is 0 Å². The minimum absolute atomic E-state index is 0.0321. The number of ether oxygens (including phenoxy) is 1. The summed E-state index contributed by atoms with van der Waals surface area (Å²) >= 11 is 0. The Kier molecular flexibility index (Phi) is 6.23. The number of hydrogen-bond acceptors (Lipinski definition) is 5. The Morgan fingerprint density at radius 3 is 2.63 bits per heavy atom. The van der Waals surface area contributed by atoms with Crippen LogP contribution in [0.25, 0.3) is 11.0 Å². The predicted molar refractivity (Wildman–Crippen MR) is 119 cm³/mol. The first-order valence-electron chi connectivity index (χ1n) is 10.6. The minimum atomic E-state index is -0.0321. The fraction of sp³-hybridized carbons (Fsp3) is 0.375. The Morgan fingerprint density at radius 1 is 1.13 bits per heavy atom. The first-order valence-corrected chi connectivity index (χ1v) is 10.6. The van der Waals surface area contributed by atoms with Crippen LogP contribution in [-0.2, 0) is 11.2 Å². The van der Waals surface area contributed by atoms with Gasteiger partial charge in [-0.05, 0) is 49.6 Å². The number of rotatable bonds is 6. The summed E-state index contributed by atoms with van der Waals surface area (Å²) in [6, 6.07) is 12.4. The molecular weight excluding hydrogens is 376 g/mol. The Hall–Kier alpha value is -2.99. The van der Waals surface area contributed by atoms with Gasteiger partial charge in [0.15, 0.2) is 5.65 Å². The van der Waals surface area contributed by atoms with Gasteiger partial charge in [0.25, 0.3) is 5.91 Å². The fourth-order valence-electron chi connectivity index (χ4n) is 3.69. The molecule has 1 saturated heterocycles. The summed E-state index contributed by atoms with van der Waals surface area (Å²) < 4.78 is 5.40. The summed E-state index contributed by atoms with van der Waals surface area (Å²) in [7, 11) is 0. The topological polar surface area (TPSA) is 67.4 Å². The number of amides is 1. The van der Waals surface area contributed by atoms with Gasteiger partial charge in [0.1, 0.15) is 0 Å². The molecule has 0 bridgehead atoms. The monoisotopic (exact) mass is 404 g/mol. The number of carbonyl (C=O) groups is 1. The van der Waals surface area contributed by atoms with Gasteiger partial charge in [-0.1, -0.05) is 25.5 Å². The Bertz CT molecular complexity index is 1030. The van der Waals surface area contributed by atoms with Gasteiger partial charge in [0, 0.05) is 36.1 Å². The molecule has 6 heteroatoms. The van der Waals surface area contributed by atoms with Crippen molar-refractivity contribution in [1.82, 2.24) is 14.9 Å². The molecule has 1 aliphatic heterocycles. The van der Waals surface area contributed by atoms with Crippen LogP contribution in [-0.4, -0.2) is 47.1 Å². The average molecular weight is 405 g/mol. The van der Waals surface area contributed by atoms with E-state index in [1.165, 1.54) is 18.4 Å². The average Bonchev–Trinajstić information content (AvgIpc) is 2.78. The highest BCUT2D eigenvalue weighted by Gasteiger charge is 2.23. The summed E-state index contributed by atoms with van der Waals surface area (Å²) in [4.78, 5) is 24.1. The molecule has 0 radical (unpaired) electrons. The van der Waals surface area contributed by atoms with Gasteiger partial charge in [-0.25, -0.2) is 9.97 Å². The van der Waals surface area contributed by atoms with Crippen molar-refractivity contribution in [3.63, 3.8) is 0 Å². The zero-order valence-corrected chi connectivity index (χ0v) is 17.6. The maximum absolute atomic E-state index is 13.3. The van der Waals surface area contributed by atoms with Crippen LogP contribution in [0.15, 0.2) is 42.6 Å². The number of pyridine rings is 2. The van der Waals surface area contributed by atoms with Gasteiger partial charge in [-0.3, -0.25) is 4.79 Å². The quantitative estimate of drug-likeness (QED) is 0.655. The number of morpholine rings is 1. The molecule has 1 aromatic carbocycles. The number of carbonyl (C=O) groups excluding carboxylic acids is 1. The number of hydrogen-bond donors (Lipinski definition) is 1. The molecule has 1 aliphatic rings. The van der Waals surface area contributed by atoms with Crippen LogP contribution in [0.1, 0.15) is 41.4 Å². The summed E-state index contributed by atoms with van der Waals surface area (Å²) in [5.74, 6) is -0.0321. The number of aryl methyl sites for hydroxylation is 2. The number of aromatic nitrogens is 2. The van der Waals surface area contributed by atoms with E-state index >= 15 is 0 Å². The van der Waals surface area contributed by atoms with E-state index in [1.807, 2.05) is 24.0 Å². The third-order valence-electron chi connectivity index (χ3n) is 5.44. The SMILES string of the molecule is CCCCc1ccc(Nc2c(C(=O)N3CCOCC3)cnc3nc(C)ccc23)cc1. The molecule has 1 amide bonds. The highest BCUT2D eigenvalue weighted by Crippen LogP contribution is 2.30. The van der Waals surface area contributed by atoms with E-state index in [0.717, 1.165) is 28.9 Å². The Morgan fingerprint density at radius 2 is 1.90 bits per heavy atom. The van der Waals surface area contributed by atoms with Crippen molar-refractivity contribution in [2.75, 3.05) is 31.6 Å². The highest BCUT2D eigenvalue weighted by molar-refractivity contribution is 6.07. The standard InChI is InChI=1S/C24H28N4O2/c1-3-4-5-18-7-9-19(10-8-18)27-22-20-11-6-17(2)26-23(20)25-16-21(22)24(29)28-12-14-30-15-13-28/h6-11,16H,3-5,12-15H2,1-2H3,(H,25,26,27). The van der Waals surface area contributed by atoms with Crippen LogP contribution in [0.4, 0.5) is 11.4 Å². The lowest BCUT2D eigenvalue weighted by Gasteiger charge is -2.27. The molecule has 6 nitrogen and oxygen atoms in total. The molecule has 0 spiro atoms. The lowest BCUT2D eigenvalue weighted by Crippen LogP contribution is -2.41. The van der Waals surface area contributed by atoms with Crippen molar-refractivity contribution in [3.05, 3.63) is 59.4 Å². The van der Waals surface area contributed by atoms with Gasteiger partial charge in [0.05, 0.1) is 24.5 Å². The molecule has 4 rings (SSSR count). The van der Waals surface area contributed by atoms with E-state index in [2.05, 4.69) is 46.5 Å². The van der Waals surface area contributed by atoms with Crippen LogP contribution < -0.4 is 5.32 Å². The molecule has 0 saturated carbocycles. The molecule has 3 aromatic rings. The molecule has 3 heterocycles. The maximum atomic E-state index is 13.3. The third kappa shape index (κ3) is 4.44. The number of anilines is 2. The minimum Gasteiger partial charge on any atom is -0.378 e.